The maximum absolute atomic E-state index is 13.5. The SMILES string of the molecule is CC(C)(C)c1cc2c(=O)[nH]c(C(C#N)C(=O)c3nc(-c4ccccc4)n(-c4ccccc4)n3)nc2s1. The monoisotopic (exact) mass is 494 g/mol. The number of carbonyl (C=O) groups excluding carboxylic acids is 1. The molecule has 0 aliphatic carbocycles. The third-order valence-corrected chi connectivity index (χ3v) is 7.14. The summed E-state index contributed by atoms with van der Waals surface area (Å²) in [7, 11) is 0. The van der Waals surface area contributed by atoms with Crippen LogP contribution in [0.5, 0.6) is 0 Å². The first kappa shape index (κ1) is 23.3. The first-order valence-electron chi connectivity index (χ1n) is 11.3. The number of aromatic amines is 1. The highest BCUT2D eigenvalue weighted by Gasteiger charge is 2.30. The van der Waals surface area contributed by atoms with Gasteiger partial charge in [0.25, 0.3) is 5.56 Å². The smallest absolute Gasteiger partial charge is 0.259 e. The molecule has 0 spiro atoms. The van der Waals surface area contributed by atoms with E-state index in [1.54, 1.807) is 4.68 Å². The second-order valence-corrected chi connectivity index (χ2v) is 10.4. The van der Waals surface area contributed by atoms with Crippen molar-refractivity contribution in [3.8, 4) is 23.1 Å². The van der Waals surface area contributed by atoms with Gasteiger partial charge in [-0.25, -0.2) is 14.6 Å². The normalized spacial score (nSPS) is 12.4. The summed E-state index contributed by atoms with van der Waals surface area (Å²) in [6, 6.07) is 22.5. The van der Waals surface area contributed by atoms with Gasteiger partial charge < -0.3 is 4.98 Å². The molecule has 2 aromatic carbocycles. The van der Waals surface area contributed by atoms with Crippen LogP contribution in [-0.2, 0) is 5.41 Å². The second-order valence-electron chi connectivity index (χ2n) is 9.33. The molecule has 5 rings (SSSR count). The maximum Gasteiger partial charge on any atom is 0.259 e. The van der Waals surface area contributed by atoms with Gasteiger partial charge in [0.2, 0.25) is 11.6 Å². The lowest BCUT2D eigenvalue weighted by Gasteiger charge is -2.14. The summed E-state index contributed by atoms with van der Waals surface area (Å²) in [5.41, 5.74) is 0.938. The Morgan fingerprint density at radius 2 is 1.72 bits per heavy atom. The number of hydrogen-bond donors (Lipinski definition) is 1. The Hall–Kier alpha value is -4.42. The fraction of sp³-hybridized carbons (Fsp3) is 0.185. The van der Waals surface area contributed by atoms with Gasteiger partial charge >= 0.3 is 0 Å². The van der Waals surface area contributed by atoms with Crippen LogP contribution in [0.1, 0.15) is 48.0 Å². The van der Waals surface area contributed by atoms with Crippen LogP contribution in [0.25, 0.3) is 27.3 Å². The number of aromatic nitrogens is 5. The van der Waals surface area contributed by atoms with Gasteiger partial charge in [-0.15, -0.1) is 16.4 Å². The quantitative estimate of drug-likeness (QED) is 0.343. The van der Waals surface area contributed by atoms with Crippen LogP contribution in [-0.4, -0.2) is 30.5 Å². The van der Waals surface area contributed by atoms with Crippen LogP contribution >= 0.6 is 11.3 Å². The van der Waals surface area contributed by atoms with Crippen molar-refractivity contribution in [2.24, 2.45) is 0 Å². The van der Waals surface area contributed by atoms with Crippen LogP contribution < -0.4 is 5.56 Å². The van der Waals surface area contributed by atoms with Gasteiger partial charge in [0.05, 0.1) is 17.1 Å². The van der Waals surface area contributed by atoms with Gasteiger partial charge in [0.15, 0.2) is 11.7 Å². The number of fused-ring (bicyclic) bond motifs is 1. The van der Waals surface area contributed by atoms with Crippen molar-refractivity contribution in [2.75, 3.05) is 0 Å². The molecule has 178 valence electrons. The molecule has 0 fully saturated rings. The highest BCUT2D eigenvalue weighted by atomic mass is 32.1. The van der Waals surface area contributed by atoms with Gasteiger partial charge in [-0.3, -0.25) is 9.59 Å². The number of H-pyrrole nitrogens is 1. The van der Waals surface area contributed by atoms with Crippen molar-refractivity contribution in [2.45, 2.75) is 32.1 Å². The van der Waals surface area contributed by atoms with Crippen LogP contribution in [0.15, 0.2) is 71.5 Å². The number of Topliss-reactive ketones (excluding diaryl/α,β-unsaturated/α-hetero) is 1. The summed E-state index contributed by atoms with van der Waals surface area (Å²) >= 11 is 1.38. The minimum absolute atomic E-state index is 0.0142. The standard InChI is InChI=1S/C27H22N6O2S/c1-27(2,3)20-14-18-25(35)30-22(31-26(18)36-20)19(15-28)21(34)23-29-24(16-10-6-4-7-11-16)33(32-23)17-12-8-5-9-13-17/h4-14,19H,1-3H3,(H,30,31,35). The van der Waals surface area contributed by atoms with Gasteiger partial charge in [0.1, 0.15) is 10.7 Å². The number of nitrogens with zero attached hydrogens (tertiary/aromatic N) is 5. The summed E-state index contributed by atoms with van der Waals surface area (Å²) in [6.07, 6.45) is 0. The molecule has 3 aromatic heterocycles. The summed E-state index contributed by atoms with van der Waals surface area (Å²) < 4.78 is 1.57. The number of carbonyl (C=O) groups is 1. The van der Waals surface area contributed by atoms with E-state index in [9.17, 15) is 14.9 Å². The summed E-state index contributed by atoms with van der Waals surface area (Å²) in [6.45, 7) is 6.15. The van der Waals surface area contributed by atoms with Crippen LogP contribution in [0.3, 0.4) is 0 Å². The molecule has 3 heterocycles. The van der Waals surface area contributed by atoms with Gasteiger partial charge in [-0.05, 0) is 23.6 Å². The molecule has 0 saturated heterocycles. The zero-order valence-electron chi connectivity index (χ0n) is 19.9. The van der Waals surface area contributed by atoms with Gasteiger partial charge in [-0.1, -0.05) is 69.3 Å². The Balaban J connectivity index is 1.59. The highest BCUT2D eigenvalue weighted by Crippen LogP contribution is 2.32. The minimum atomic E-state index is -1.36. The first-order chi connectivity index (χ1) is 17.3. The van der Waals surface area contributed by atoms with E-state index in [2.05, 4.69) is 20.1 Å². The molecule has 0 bridgehead atoms. The molecule has 5 aromatic rings. The summed E-state index contributed by atoms with van der Waals surface area (Å²) in [4.78, 5) is 39.4. The van der Waals surface area contributed by atoms with Crippen molar-refractivity contribution in [3.63, 3.8) is 0 Å². The summed E-state index contributed by atoms with van der Waals surface area (Å²) in [5, 5.41) is 14.8. The Labute approximate surface area is 210 Å². The predicted molar refractivity (Wildman–Crippen MR) is 138 cm³/mol. The van der Waals surface area contributed by atoms with Gasteiger partial charge in [0, 0.05) is 10.4 Å². The minimum Gasteiger partial charge on any atom is -0.308 e. The van der Waals surface area contributed by atoms with Gasteiger partial charge in [-0.2, -0.15) is 5.26 Å². The fourth-order valence-electron chi connectivity index (χ4n) is 3.77. The molecule has 8 nitrogen and oxygen atoms in total. The number of thiophene rings is 1. The zero-order valence-corrected chi connectivity index (χ0v) is 20.7. The Morgan fingerprint density at radius 3 is 2.36 bits per heavy atom. The van der Waals surface area contributed by atoms with Crippen LogP contribution in [0, 0.1) is 11.3 Å². The van der Waals surface area contributed by atoms with Crippen LogP contribution in [0.4, 0.5) is 0 Å². The number of para-hydroxylation sites is 1. The highest BCUT2D eigenvalue weighted by molar-refractivity contribution is 7.18. The van der Waals surface area contributed by atoms with E-state index in [0.29, 0.717) is 16.0 Å². The van der Waals surface area contributed by atoms with E-state index in [1.807, 2.05) is 93.6 Å². The lowest BCUT2D eigenvalue weighted by atomic mass is 9.94. The lowest BCUT2D eigenvalue weighted by molar-refractivity contribution is 0.0966. The van der Waals surface area contributed by atoms with Crippen molar-refractivity contribution in [1.82, 2.24) is 24.7 Å². The molecule has 0 saturated carbocycles. The van der Waals surface area contributed by atoms with Crippen LogP contribution in [0.2, 0.25) is 0 Å². The maximum atomic E-state index is 13.5. The number of hydrogen-bond acceptors (Lipinski definition) is 7. The lowest BCUT2D eigenvalue weighted by Crippen LogP contribution is -2.20. The molecular formula is C27H22N6O2S. The average molecular weight is 495 g/mol. The predicted octanol–water partition coefficient (Wildman–Crippen LogP) is 5.02. The third kappa shape index (κ3) is 4.23. The third-order valence-electron chi connectivity index (χ3n) is 5.68. The molecule has 0 radical (unpaired) electrons. The Morgan fingerprint density at radius 1 is 1.06 bits per heavy atom. The topological polar surface area (TPSA) is 117 Å². The van der Waals surface area contributed by atoms with Crippen molar-refractivity contribution in [3.05, 3.63) is 93.6 Å². The molecule has 0 amide bonds. The number of nitrogens with one attached hydrogen (secondary N) is 1. The number of ketones is 1. The van der Waals surface area contributed by atoms with Crippen molar-refractivity contribution >= 4 is 27.3 Å². The van der Waals surface area contributed by atoms with E-state index in [4.69, 9.17) is 0 Å². The molecule has 0 aliphatic rings. The molecule has 1 N–H and O–H groups in total. The zero-order chi connectivity index (χ0) is 25.4. The van der Waals surface area contributed by atoms with E-state index in [1.165, 1.54) is 11.3 Å². The molecule has 36 heavy (non-hydrogen) atoms. The average Bonchev–Trinajstić information content (AvgIpc) is 3.51. The molecule has 9 heteroatoms. The largest absolute Gasteiger partial charge is 0.308 e. The van der Waals surface area contributed by atoms with E-state index in [-0.39, 0.29) is 22.6 Å². The molecule has 0 aliphatic heterocycles. The second kappa shape index (κ2) is 8.98. The summed E-state index contributed by atoms with van der Waals surface area (Å²) in [5.74, 6) is -1.68. The van der Waals surface area contributed by atoms with Crippen molar-refractivity contribution < 1.29 is 4.79 Å². The fourth-order valence-corrected chi connectivity index (χ4v) is 4.86. The number of nitriles is 1. The van der Waals surface area contributed by atoms with E-state index in [0.717, 1.165) is 16.1 Å². The molecule has 1 atom stereocenters. The van der Waals surface area contributed by atoms with Crippen molar-refractivity contribution in [1.29, 1.82) is 5.26 Å². The van der Waals surface area contributed by atoms with E-state index >= 15 is 0 Å². The Bertz CT molecular complexity index is 1610. The molecule has 1 unspecified atom stereocenters. The Kier molecular flexibility index (Phi) is 5.82. The van der Waals surface area contributed by atoms with E-state index < -0.39 is 11.7 Å². The number of benzene rings is 2. The molecular weight excluding hydrogens is 472 g/mol. The number of rotatable bonds is 5. The first-order valence-corrected chi connectivity index (χ1v) is 12.1.